The van der Waals surface area contributed by atoms with Crippen LogP contribution in [0.3, 0.4) is 0 Å². The summed E-state index contributed by atoms with van der Waals surface area (Å²) >= 11 is 0. The highest BCUT2D eigenvalue weighted by Crippen LogP contribution is 2.29. The molecule has 0 aliphatic heterocycles. The zero-order chi connectivity index (χ0) is 18.6. The molecule has 2 N–H and O–H groups in total. The Balaban J connectivity index is 1.62. The van der Waals surface area contributed by atoms with Crippen LogP contribution in [-0.2, 0) is 12.7 Å². The number of hydrogen-bond donors (Lipinski definition) is 2. The first-order valence-corrected chi connectivity index (χ1v) is 7.49. The molecule has 0 bridgehead atoms. The van der Waals surface area contributed by atoms with Gasteiger partial charge in [0, 0.05) is 18.1 Å². The smallest absolute Gasteiger partial charge is 0.416 e. The van der Waals surface area contributed by atoms with Gasteiger partial charge in [-0.2, -0.15) is 13.2 Å². The van der Waals surface area contributed by atoms with Crippen LogP contribution in [-0.4, -0.2) is 16.0 Å². The lowest BCUT2D eigenvalue weighted by atomic mass is 10.2. The molecule has 0 unspecified atom stereocenters. The van der Waals surface area contributed by atoms with Gasteiger partial charge in [0.2, 0.25) is 0 Å². The van der Waals surface area contributed by atoms with Crippen LogP contribution in [0.25, 0.3) is 11.5 Å². The van der Waals surface area contributed by atoms with Crippen molar-refractivity contribution in [2.75, 3.05) is 5.32 Å². The highest BCUT2D eigenvalue weighted by Gasteiger charge is 2.29. The Morgan fingerprint density at radius 1 is 1.08 bits per heavy atom. The third kappa shape index (κ3) is 4.18. The molecule has 134 valence electrons. The summed E-state index contributed by atoms with van der Waals surface area (Å²) in [4.78, 5) is 20.3. The number of amides is 2. The predicted octanol–water partition coefficient (Wildman–Crippen LogP) is 4.08. The number of hydrogen-bond acceptors (Lipinski definition) is 4. The second-order valence-corrected chi connectivity index (χ2v) is 5.21. The Hall–Kier alpha value is -3.36. The highest BCUT2D eigenvalue weighted by atomic mass is 19.4. The molecule has 2 amide bonds. The van der Waals surface area contributed by atoms with E-state index < -0.39 is 17.8 Å². The molecule has 3 aromatic rings. The molecule has 1 aromatic carbocycles. The molecule has 9 heteroatoms. The maximum atomic E-state index is 12.5. The minimum atomic E-state index is -4.42. The van der Waals surface area contributed by atoms with Crippen LogP contribution in [0.1, 0.15) is 11.3 Å². The molecule has 0 aliphatic carbocycles. The van der Waals surface area contributed by atoms with E-state index in [9.17, 15) is 18.0 Å². The molecule has 0 radical (unpaired) electrons. The number of urea groups is 1. The number of anilines is 1. The standard InChI is InChI=1S/C17H13F3N4O2/c18-17(19,20)11-3-5-12(6-4-11)24-16(25)23-10-13-15(22-8-7-21-13)14-2-1-9-26-14/h1-9H,10H2,(H2,23,24,25). The summed E-state index contributed by atoms with van der Waals surface area (Å²) in [5.41, 5.74) is 0.435. The van der Waals surface area contributed by atoms with Crippen molar-refractivity contribution in [2.45, 2.75) is 12.7 Å². The van der Waals surface area contributed by atoms with Crippen LogP contribution in [0.4, 0.5) is 23.7 Å². The van der Waals surface area contributed by atoms with Gasteiger partial charge in [0.05, 0.1) is 24.1 Å². The van der Waals surface area contributed by atoms with E-state index in [0.29, 0.717) is 17.1 Å². The van der Waals surface area contributed by atoms with Gasteiger partial charge in [0.1, 0.15) is 5.69 Å². The fourth-order valence-corrected chi connectivity index (χ4v) is 2.20. The summed E-state index contributed by atoms with van der Waals surface area (Å²) in [6.07, 6.45) is 0.0639. The first-order valence-electron chi connectivity index (χ1n) is 7.49. The van der Waals surface area contributed by atoms with Crippen molar-refractivity contribution < 1.29 is 22.4 Å². The van der Waals surface area contributed by atoms with Crippen LogP contribution in [0.2, 0.25) is 0 Å². The zero-order valence-corrected chi connectivity index (χ0v) is 13.2. The van der Waals surface area contributed by atoms with E-state index in [1.54, 1.807) is 12.1 Å². The molecule has 0 saturated heterocycles. The number of nitrogens with one attached hydrogen (secondary N) is 2. The summed E-state index contributed by atoms with van der Waals surface area (Å²) in [5, 5.41) is 5.03. The van der Waals surface area contributed by atoms with Crippen LogP contribution >= 0.6 is 0 Å². The first-order chi connectivity index (χ1) is 12.4. The van der Waals surface area contributed by atoms with Gasteiger partial charge in [-0.3, -0.25) is 4.98 Å². The molecule has 6 nitrogen and oxygen atoms in total. The van der Waals surface area contributed by atoms with Gasteiger partial charge < -0.3 is 15.1 Å². The average Bonchev–Trinajstić information content (AvgIpc) is 3.14. The van der Waals surface area contributed by atoms with E-state index in [0.717, 1.165) is 12.1 Å². The summed E-state index contributed by atoms with van der Waals surface area (Å²) in [5.74, 6) is 0.512. The van der Waals surface area contributed by atoms with Gasteiger partial charge in [-0.1, -0.05) is 0 Å². The number of aromatic nitrogens is 2. The third-order valence-corrected chi connectivity index (χ3v) is 3.42. The highest BCUT2D eigenvalue weighted by molar-refractivity contribution is 5.89. The minimum absolute atomic E-state index is 0.0658. The normalized spacial score (nSPS) is 11.2. The summed E-state index contributed by atoms with van der Waals surface area (Å²) < 4.78 is 42.9. The molecule has 0 spiro atoms. The number of carbonyl (C=O) groups is 1. The number of furan rings is 1. The van der Waals surface area contributed by atoms with Crippen molar-refractivity contribution in [2.24, 2.45) is 0 Å². The number of benzene rings is 1. The largest absolute Gasteiger partial charge is 0.463 e. The van der Waals surface area contributed by atoms with E-state index in [2.05, 4.69) is 20.6 Å². The fourth-order valence-electron chi connectivity index (χ4n) is 2.20. The average molecular weight is 362 g/mol. The molecule has 26 heavy (non-hydrogen) atoms. The summed E-state index contributed by atoms with van der Waals surface area (Å²) in [6.45, 7) is 0.0658. The third-order valence-electron chi connectivity index (χ3n) is 3.42. The second-order valence-electron chi connectivity index (χ2n) is 5.21. The Bertz CT molecular complexity index is 878. The number of rotatable bonds is 4. The van der Waals surface area contributed by atoms with E-state index in [4.69, 9.17) is 4.42 Å². The minimum Gasteiger partial charge on any atom is -0.463 e. The van der Waals surface area contributed by atoms with E-state index in [1.807, 2.05) is 0 Å². The lowest BCUT2D eigenvalue weighted by Crippen LogP contribution is -2.28. The van der Waals surface area contributed by atoms with Gasteiger partial charge in [0.25, 0.3) is 0 Å². The summed E-state index contributed by atoms with van der Waals surface area (Å²) in [6, 6.07) is 6.99. The van der Waals surface area contributed by atoms with Crippen molar-refractivity contribution in [3.8, 4) is 11.5 Å². The number of carbonyl (C=O) groups excluding carboxylic acids is 1. The fraction of sp³-hybridized carbons (Fsp3) is 0.118. The second kappa shape index (κ2) is 7.26. The van der Waals surface area contributed by atoms with Gasteiger partial charge >= 0.3 is 12.2 Å². The molecule has 2 heterocycles. The van der Waals surface area contributed by atoms with E-state index in [1.165, 1.54) is 30.8 Å². The van der Waals surface area contributed by atoms with E-state index >= 15 is 0 Å². The van der Waals surface area contributed by atoms with Crippen molar-refractivity contribution >= 4 is 11.7 Å². The van der Waals surface area contributed by atoms with Crippen molar-refractivity contribution in [1.29, 1.82) is 0 Å². The summed E-state index contributed by atoms with van der Waals surface area (Å²) in [7, 11) is 0. The van der Waals surface area contributed by atoms with Crippen LogP contribution in [0.15, 0.2) is 59.5 Å². The quantitative estimate of drug-likeness (QED) is 0.733. The number of nitrogens with zero attached hydrogens (tertiary/aromatic N) is 2. The predicted molar refractivity (Wildman–Crippen MR) is 87.0 cm³/mol. The molecular weight excluding hydrogens is 349 g/mol. The lowest BCUT2D eigenvalue weighted by molar-refractivity contribution is -0.137. The molecule has 0 aliphatic rings. The Kier molecular flexibility index (Phi) is 4.87. The molecule has 2 aromatic heterocycles. The molecule has 0 saturated carbocycles. The Morgan fingerprint density at radius 2 is 1.81 bits per heavy atom. The van der Waals surface area contributed by atoms with Gasteiger partial charge in [-0.25, -0.2) is 9.78 Å². The van der Waals surface area contributed by atoms with Crippen LogP contribution in [0, 0.1) is 0 Å². The van der Waals surface area contributed by atoms with Crippen molar-refractivity contribution in [1.82, 2.24) is 15.3 Å². The molecule has 3 rings (SSSR count). The maximum Gasteiger partial charge on any atom is 0.416 e. The Labute approximate surface area is 146 Å². The van der Waals surface area contributed by atoms with Gasteiger partial charge in [0.15, 0.2) is 5.76 Å². The van der Waals surface area contributed by atoms with Crippen molar-refractivity contribution in [3.63, 3.8) is 0 Å². The molecule has 0 atom stereocenters. The Morgan fingerprint density at radius 3 is 2.46 bits per heavy atom. The van der Waals surface area contributed by atoms with Crippen LogP contribution in [0.5, 0.6) is 0 Å². The monoisotopic (exact) mass is 362 g/mol. The zero-order valence-electron chi connectivity index (χ0n) is 13.2. The molecule has 0 fully saturated rings. The topological polar surface area (TPSA) is 80.1 Å². The maximum absolute atomic E-state index is 12.5. The van der Waals surface area contributed by atoms with Crippen LogP contribution < -0.4 is 10.6 Å². The number of halogens is 3. The van der Waals surface area contributed by atoms with E-state index in [-0.39, 0.29) is 12.2 Å². The first kappa shape index (κ1) is 17.5. The molecular formula is C17H13F3N4O2. The number of alkyl halides is 3. The lowest BCUT2D eigenvalue weighted by Gasteiger charge is -2.10. The van der Waals surface area contributed by atoms with Crippen molar-refractivity contribution in [3.05, 3.63) is 66.3 Å². The van der Waals surface area contributed by atoms with Gasteiger partial charge in [-0.05, 0) is 36.4 Å². The SMILES string of the molecule is O=C(NCc1nccnc1-c1ccco1)Nc1ccc(C(F)(F)F)cc1. The van der Waals surface area contributed by atoms with Gasteiger partial charge in [-0.15, -0.1) is 0 Å².